The van der Waals surface area contributed by atoms with Crippen LogP contribution in [-0.4, -0.2) is 17.2 Å². The van der Waals surface area contributed by atoms with Gasteiger partial charge in [0.2, 0.25) is 0 Å². The number of hydrogen-bond donors (Lipinski definition) is 2. The van der Waals surface area contributed by atoms with Gasteiger partial charge in [-0.05, 0) is 6.82 Å². The Balaban J connectivity index is -0.0000000542. The number of hydrogen-bond acceptors (Lipinski definition) is 2. The average molecular weight is 120 g/mol. The molecule has 0 aliphatic carbocycles. The van der Waals surface area contributed by atoms with Crippen molar-refractivity contribution >= 4 is 7.12 Å². The normalized spacial score (nSPS) is 4.88. The van der Waals surface area contributed by atoms with Gasteiger partial charge < -0.3 is 10.0 Å². The Morgan fingerprint density at radius 3 is 0.875 bits per heavy atom. The highest BCUT2D eigenvalue weighted by atomic mass is 16.4. The Morgan fingerprint density at radius 1 is 0.875 bits per heavy atom. The summed E-state index contributed by atoms with van der Waals surface area (Å²) in [5.74, 6) is 0. The fraction of sp³-hybridized carbons (Fsp3) is 1.00. The smallest absolute Gasteiger partial charge is 0.427 e. The summed E-state index contributed by atoms with van der Waals surface area (Å²) in [6.07, 6.45) is 0. The zero-order valence-electron chi connectivity index (χ0n) is 6.47. The largest absolute Gasteiger partial charge is 0.448 e. The van der Waals surface area contributed by atoms with Gasteiger partial charge in [-0.25, -0.2) is 0 Å². The van der Waals surface area contributed by atoms with Crippen molar-refractivity contribution in [2.75, 3.05) is 0 Å². The van der Waals surface area contributed by atoms with Crippen LogP contribution in [0.3, 0.4) is 0 Å². The van der Waals surface area contributed by atoms with Crippen LogP contribution >= 0.6 is 0 Å². The fourth-order valence-electron chi connectivity index (χ4n) is 0. The van der Waals surface area contributed by atoms with Crippen LogP contribution in [-0.2, 0) is 0 Å². The van der Waals surface area contributed by atoms with E-state index in [2.05, 4.69) is 0 Å². The highest BCUT2D eigenvalue weighted by Crippen LogP contribution is 1.51. The second-order valence-electron chi connectivity index (χ2n) is 0.632. The second kappa shape index (κ2) is 28.1. The zero-order valence-corrected chi connectivity index (χ0v) is 6.47. The molecule has 0 aromatic rings. The molecule has 0 aliphatic rings. The molecule has 0 saturated carbocycles. The molecule has 0 spiro atoms. The van der Waals surface area contributed by atoms with E-state index in [1.807, 2.05) is 27.7 Å². The van der Waals surface area contributed by atoms with E-state index in [1.165, 1.54) is 6.82 Å². The first-order valence-corrected chi connectivity index (χ1v) is 3.09. The molecule has 52 valence electrons. The van der Waals surface area contributed by atoms with Crippen molar-refractivity contribution in [3.63, 3.8) is 0 Å². The lowest BCUT2D eigenvalue weighted by molar-refractivity contribution is 0.417. The van der Waals surface area contributed by atoms with Gasteiger partial charge in [-0.1, -0.05) is 27.7 Å². The Bertz CT molecular complexity index is 15.1. The van der Waals surface area contributed by atoms with Gasteiger partial charge in [-0.3, -0.25) is 0 Å². The van der Waals surface area contributed by atoms with Gasteiger partial charge in [0, 0.05) is 0 Å². The minimum atomic E-state index is -1.17. The van der Waals surface area contributed by atoms with E-state index in [9.17, 15) is 0 Å². The summed E-state index contributed by atoms with van der Waals surface area (Å²) < 4.78 is 0. The zero-order chi connectivity index (χ0) is 7.58. The topological polar surface area (TPSA) is 40.5 Å². The molecule has 0 aliphatic heterocycles. The van der Waals surface area contributed by atoms with Crippen LogP contribution in [0.5, 0.6) is 0 Å². The highest BCUT2D eigenvalue weighted by Gasteiger charge is 1.86. The van der Waals surface area contributed by atoms with E-state index in [4.69, 9.17) is 10.0 Å². The van der Waals surface area contributed by atoms with Crippen LogP contribution in [0.4, 0.5) is 0 Å². The third-order valence-corrected chi connectivity index (χ3v) is 0. The summed E-state index contributed by atoms with van der Waals surface area (Å²) in [4.78, 5) is 0. The monoisotopic (exact) mass is 120 g/mol. The molecule has 0 amide bonds. The Kier molecular flexibility index (Phi) is 55.0. The SMILES string of the molecule is CB(O)O.CC.CC. The Labute approximate surface area is 52.7 Å². The van der Waals surface area contributed by atoms with Gasteiger partial charge in [-0.15, -0.1) is 0 Å². The molecule has 0 saturated heterocycles. The molecule has 0 unspecified atom stereocenters. The molecule has 2 nitrogen and oxygen atoms in total. The van der Waals surface area contributed by atoms with Gasteiger partial charge >= 0.3 is 7.12 Å². The predicted octanol–water partition coefficient (Wildman–Crippen LogP) is 1.14. The lowest BCUT2D eigenvalue weighted by Gasteiger charge is -1.71. The maximum absolute atomic E-state index is 7.61. The van der Waals surface area contributed by atoms with Crippen LogP contribution in [0.2, 0.25) is 6.82 Å². The highest BCUT2D eigenvalue weighted by molar-refractivity contribution is 6.38. The van der Waals surface area contributed by atoms with Crippen molar-refractivity contribution in [3.05, 3.63) is 0 Å². The van der Waals surface area contributed by atoms with Crippen molar-refractivity contribution in [2.24, 2.45) is 0 Å². The quantitative estimate of drug-likeness (QED) is 0.470. The van der Waals surface area contributed by atoms with E-state index in [1.54, 1.807) is 0 Å². The molecule has 0 aromatic heterocycles. The van der Waals surface area contributed by atoms with Gasteiger partial charge in [0.05, 0.1) is 0 Å². The third-order valence-electron chi connectivity index (χ3n) is 0. The molecule has 0 atom stereocenters. The molecule has 2 N–H and O–H groups in total. The van der Waals surface area contributed by atoms with Crippen molar-refractivity contribution in [2.45, 2.75) is 34.5 Å². The maximum atomic E-state index is 7.61. The van der Waals surface area contributed by atoms with E-state index in [0.29, 0.717) is 0 Å². The first kappa shape index (κ1) is 15.7. The second-order valence-corrected chi connectivity index (χ2v) is 0.632. The minimum absolute atomic E-state index is 1.17. The van der Waals surface area contributed by atoms with Crippen molar-refractivity contribution < 1.29 is 10.0 Å². The van der Waals surface area contributed by atoms with Gasteiger partial charge in [0.1, 0.15) is 0 Å². The summed E-state index contributed by atoms with van der Waals surface area (Å²) in [5, 5.41) is 15.2. The molecular formula is C5H17BO2. The standard InChI is InChI=1S/2C2H6.CH5BO2/c2*1-2;1-2(3)4/h2*1-2H3;3-4H,1H3. The van der Waals surface area contributed by atoms with E-state index >= 15 is 0 Å². The summed E-state index contributed by atoms with van der Waals surface area (Å²) in [6, 6.07) is 0. The molecule has 3 heteroatoms. The fourth-order valence-corrected chi connectivity index (χ4v) is 0. The van der Waals surface area contributed by atoms with Crippen LogP contribution in [0.25, 0.3) is 0 Å². The summed E-state index contributed by atoms with van der Waals surface area (Å²) >= 11 is 0. The average Bonchev–Trinajstić information content (AvgIpc) is 1.75. The molecule has 8 heavy (non-hydrogen) atoms. The molecule has 0 heterocycles. The predicted molar refractivity (Wildman–Crippen MR) is 38.8 cm³/mol. The van der Waals surface area contributed by atoms with E-state index < -0.39 is 7.12 Å². The van der Waals surface area contributed by atoms with Gasteiger partial charge in [-0.2, -0.15) is 0 Å². The van der Waals surface area contributed by atoms with Crippen molar-refractivity contribution in [3.8, 4) is 0 Å². The number of rotatable bonds is 0. The van der Waals surface area contributed by atoms with E-state index in [0.717, 1.165) is 0 Å². The maximum Gasteiger partial charge on any atom is 0.448 e. The van der Waals surface area contributed by atoms with Crippen LogP contribution in [0.1, 0.15) is 27.7 Å². The van der Waals surface area contributed by atoms with Crippen molar-refractivity contribution in [1.82, 2.24) is 0 Å². The minimum Gasteiger partial charge on any atom is -0.427 e. The summed E-state index contributed by atoms with van der Waals surface area (Å²) in [5.41, 5.74) is 0. The lowest BCUT2D eigenvalue weighted by Crippen LogP contribution is -2.00. The lowest BCUT2D eigenvalue weighted by atomic mass is 9.99. The molecular weight excluding hydrogens is 103 g/mol. The molecule has 0 bridgehead atoms. The molecule has 0 radical (unpaired) electrons. The molecule has 0 aromatic carbocycles. The third kappa shape index (κ3) is 655000. The summed E-state index contributed by atoms with van der Waals surface area (Å²) in [6.45, 7) is 9.28. The van der Waals surface area contributed by atoms with Crippen LogP contribution in [0, 0.1) is 0 Å². The Hall–Kier alpha value is -0.0151. The van der Waals surface area contributed by atoms with Gasteiger partial charge in [0.25, 0.3) is 0 Å². The van der Waals surface area contributed by atoms with Gasteiger partial charge in [0.15, 0.2) is 0 Å². The first-order chi connectivity index (χ1) is 3.73. The van der Waals surface area contributed by atoms with Crippen LogP contribution in [0.15, 0.2) is 0 Å². The van der Waals surface area contributed by atoms with Crippen LogP contribution < -0.4 is 0 Å². The van der Waals surface area contributed by atoms with E-state index in [-0.39, 0.29) is 0 Å². The first-order valence-electron chi connectivity index (χ1n) is 3.09. The summed E-state index contributed by atoms with van der Waals surface area (Å²) in [7, 11) is -1.17. The van der Waals surface area contributed by atoms with Crippen molar-refractivity contribution in [1.29, 1.82) is 0 Å². The molecule has 0 rings (SSSR count). The molecule has 0 fully saturated rings. The Morgan fingerprint density at radius 2 is 0.875 bits per heavy atom.